The molecule has 0 saturated carbocycles. The SMILES string of the molecule is Cc1cc(NC(=O)c2cc(Br)c(Br)s2)ccc1Br. The average molecular weight is 454 g/mol. The number of rotatable bonds is 2. The molecule has 0 fully saturated rings. The first-order chi connectivity index (χ1) is 8.47. The molecule has 1 aromatic carbocycles. The molecular formula is C12H8Br3NOS. The first-order valence-electron chi connectivity index (χ1n) is 4.99. The fourth-order valence-electron chi connectivity index (χ4n) is 1.37. The molecule has 1 aromatic heterocycles. The Morgan fingerprint density at radius 3 is 2.44 bits per heavy atom. The predicted molar refractivity (Wildman–Crippen MR) is 86.6 cm³/mol. The van der Waals surface area contributed by atoms with Crippen LogP contribution in [0.25, 0.3) is 0 Å². The van der Waals surface area contributed by atoms with Gasteiger partial charge in [0.15, 0.2) is 0 Å². The van der Waals surface area contributed by atoms with E-state index in [-0.39, 0.29) is 5.91 Å². The third kappa shape index (κ3) is 3.23. The van der Waals surface area contributed by atoms with Crippen molar-refractivity contribution in [3.05, 3.63) is 47.4 Å². The number of carbonyl (C=O) groups excluding carboxylic acids is 1. The number of aryl methyl sites for hydroxylation is 1. The fraction of sp³-hybridized carbons (Fsp3) is 0.0833. The van der Waals surface area contributed by atoms with Crippen molar-refractivity contribution in [1.82, 2.24) is 0 Å². The predicted octanol–water partition coefficient (Wildman–Crippen LogP) is 5.60. The summed E-state index contributed by atoms with van der Waals surface area (Å²) < 4.78 is 2.84. The van der Waals surface area contributed by atoms with Crippen molar-refractivity contribution < 1.29 is 4.79 Å². The van der Waals surface area contributed by atoms with Crippen LogP contribution in [0.2, 0.25) is 0 Å². The van der Waals surface area contributed by atoms with Crippen LogP contribution in [0.3, 0.4) is 0 Å². The van der Waals surface area contributed by atoms with Crippen LogP contribution in [0.15, 0.2) is 37.0 Å². The summed E-state index contributed by atoms with van der Waals surface area (Å²) in [6, 6.07) is 7.52. The molecule has 0 aliphatic carbocycles. The van der Waals surface area contributed by atoms with Crippen molar-refractivity contribution >= 4 is 70.7 Å². The Bertz CT molecular complexity index is 590. The molecule has 94 valence electrons. The molecule has 0 radical (unpaired) electrons. The topological polar surface area (TPSA) is 29.1 Å². The quantitative estimate of drug-likeness (QED) is 0.630. The molecule has 0 aliphatic heterocycles. The zero-order chi connectivity index (χ0) is 13.3. The van der Waals surface area contributed by atoms with Gasteiger partial charge in [-0.05, 0) is 68.6 Å². The van der Waals surface area contributed by atoms with Gasteiger partial charge < -0.3 is 5.32 Å². The van der Waals surface area contributed by atoms with Gasteiger partial charge in [0.25, 0.3) is 5.91 Å². The van der Waals surface area contributed by atoms with E-state index in [0.717, 1.165) is 24.0 Å². The number of hydrogen-bond donors (Lipinski definition) is 1. The second-order valence-electron chi connectivity index (χ2n) is 3.65. The van der Waals surface area contributed by atoms with E-state index in [1.165, 1.54) is 11.3 Å². The summed E-state index contributed by atoms with van der Waals surface area (Å²) in [4.78, 5) is 12.7. The Morgan fingerprint density at radius 1 is 1.17 bits per heavy atom. The molecule has 2 rings (SSSR count). The number of benzene rings is 1. The minimum Gasteiger partial charge on any atom is -0.321 e. The van der Waals surface area contributed by atoms with E-state index in [1.807, 2.05) is 25.1 Å². The molecule has 1 N–H and O–H groups in total. The molecule has 18 heavy (non-hydrogen) atoms. The van der Waals surface area contributed by atoms with E-state index >= 15 is 0 Å². The van der Waals surface area contributed by atoms with Crippen LogP contribution < -0.4 is 5.32 Å². The van der Waals surface area contributed by atoms with Crippen LogP contribution in [0, 0.1) is 6.92 Å². The zero-order valence-corrected chi connectivity index (χ0v) is 14.8. The second-order valence-corrected chi connectivity index (χ2v) is 7.73. The molecule has 0 bridgehead atoms. The van der Waals surface area contributed by atoms with Gasteiger partial charge >= 0.3 is 0 Å². The molecule has 0 atom stereocenters. The molecule has 0 saturated heterocycles. The lowest BCUT2D eigenvalue weighted by molar-refractivity contribution is 0.103. The van der Waals surface area contributed by atoms with Gasteiger partial charge in [-0.3, -0.25) is 4.79 Å². The molecule has 0 spiro atoms. The van der Waals surface area contributed by atoms with Gasteiger partial charge in [-0.1, -0.05) is 15.9 Å². The van der Waals surface area contributed by atoms with Crippen molar-refractivity contribution in [1.29, 1.82) is 0 Å². The lowest BCUT2D eigenvalue weighted by Crippen LogP contribution is -2.10. The van der Waals surface area contributed by atoms with E-state index in [1.54, 1.807) is 6.07 Å². The first kappa shape index (κ1) is 14.2. The third-order valence-corrected chi connectivity index (χ3v) is 6.43. The van der Waals surface area contributed by atoms with E-state index in [0.29, 0.717) is 4.88 Å². The Hall–Kier alpha value is -0.170. The van der Waals surface area contributed by atoms with Crippen LogP contribution in [0.4, 0.5) is 5.69 Å². The minimum absolute atomic E-state index is 0.104. The molecule has 0 aliphatic rings. The van der Waals surface area contributed by atoms with Gasteiger partial charge in [0.05, 0.1) is 8.66 Å². The fourth-order valence-corrected chi connectivity index (χ4v) is 3.55. The maximum atomic E-state index is 12.0. The number of nitrogens with one attached hydrogen (secondary N) is 1. The summed E-state index contributed by atoms with van der Waals surface area (Å²) in [5.74, 6) is -0.104. The third-order valence-electron chi connectivity index (χ3n) is 2.28. The van der Waals surface area contributed by atoms with Crippen LogP contribution in [0.5, 0.6) is 0 Å². The first-order valence-corrected chi connectivity index (χ1v) is 8.19. The molecular weight excluding hydrogens is 446 g/mol. The molecule has 6 heteroatoms. The summed E-state index contributed by atoms with van der Waals surface area (Å²) in [7, 11) is 0. The summed E-state index contributed by atoms with van der Waals surface area (Å²) in [6.07, 6.45) is 0. The highest BCUT2D eigenvalue weighted by atomic mass is 79.9. The second kappa shape index (κ2) is 5.86. The highest BCUT2D eigenvalue weighted by Crippen LogP contribution is 2.32. The number of halogens is 3. The maximum absolute atomic E-state index is 12.0. The Morgan fingerprint density at radius 2 is 1.89 bits per heavy atom. The van der Waals surface area contributed by atoms with Gasteiger partial charge in [0.1, 0.15) is 0 Å². The standard InChI is InChI=1S/C12H8Br3NOS/c1-6-4-7(2-3-8(6)13)16-12(17)10-5-9(14)11(15)18-10/h2-5H,1H3,(H,16,17). The largest absolute Gasteiger partial charge is 0.321 e. The molecule has 0 unspecified atom stereocenters. The molecule has 1 amide bonds. The number of carbonyl (C=O) groups is 1. The molecule has 2 nitrogen and oxygen atoms in total. The number of amides is 1. The van der Waals surface area contributed by atoms with Crippen LogP contribution in [-0.4, -0.2) is 5.91 Å². The highest BCUT2D eigenvalue weighted by Gasteiger charge is 2.12. The average Bonchev–Trinajstić information content (AvgIpc) is 2.65. The molecule has 1 heterocycles. The summed E-state index contributed by atoms with van der Waals surface area (Å²) in [6.45, 7) is 1.98. The van der Waals surface area contributed by atoms with Crippen molar-refractivity contribution in [2.75, 3.05) is 5.32 Å². The van der Waals surface area contributed by atoms with E-state index in [9.17, 15) is 4.79 Å². The normalized spacial score (nSPS) is 10.4. The summed E-state index contributed by atoms with van der Waals surface area (Å²) in [5, 5.41) is 2.88. The highest BCUT2D eigenvalue weighted by molar-refractivity contribution is 9.13. The van der Waals surface area contributed by atoms with Crippen molar-refractivity contribution in [3.63, 3.8) is 0 Å². The zero-order valence-electron chi connectivity index (χ0n) is 9.26. The van der Waals surface area contributed by atoms with Gasteiger partial charge in [-0.2, -0.15) is 0 Å². The summed E-state index contributed by atoms with van der Waals surface area (Å²) >= 11 is 11.6. The van der Waals surface area contributed by atoms with Crippen molar-refractivity contribution in [2.45, 2.75) is 6.92 Å². The van der Waals surface area contributed by atoms with E-state index < -0.39 is 0 Å². The lowest BCUT2D eigenvalue weighted by Gasteiger charge is -2.05. The van der Waals surface area contributed by atoms with Crippen molar-refractivity contribution in [2.24, 2.45) is 0 Å². The van der Waals surface area contributed by atoms with Gasteiger partial charge in [-0.15, -0.1) is 11.3 Å². The lowest BCUT2D eigenvalue weighted by atomic mass is 10.2. The van der Waals surface area contributed by atoms with Crippen LogP contribution in [0.1, 0.15) is 15.2 Å². The molecule has 2 aromatic rings. The van der Waals surface area contributed by atoms with E-state index in [2.05, 4.69) is 53.1 Å². The van der Waals surface area contributed by atoms with Gasteiger partial charge in [0.2, 0.25) is 0 Å². The van der Waals surface area contributed by atoms with Crippen LogP contribution >= 0.6 is 59.1 Å². The number of thiophene rings is 1. The number of hydrogen-bond acceptors (Lipinski definition) is 2. The smallest absolute Gasteiger partial charge is 0.265 e. The minimum atomic E-state index is -0.104. The Balaban J connectivity index is 2.18. The Kier molecular flexibility index (Phi) is 4.64. The van der Waals surface area contributed by atoms with Crippen LogP contribution in [-0.2, 0) is 0 Å². The maximum Gasteiger partial charge on any atom is 0.265 e. The number of anilines is 1. The summed E-state index contributed by atoms with van der Waals surface area (Å²) in [5.41, 5.74) is 1.88. The van der Waals surface area contributed by atoms with Crippen molar-refractivity contribution in [3.8, 4) is 0 Å². The Labute approximate surface area is 134 Å². The van der Waals surface area contributed by atoms with Gasteiger partial charge in [0, 0.05) is 14.6 Å². The van der Waals surface area contributed by atoms with E-state index in [4.69, 9.17) is 0 Å². The van der Waals surface area contributed by atoms with Gasteiger partial charge in [-0.25, -0.2) is 0 Å². The monoisotopic (exact) mass is 451 g/mol.